The smallest absolute Gasteiger partial charge is 0.321 e. The van der Waals surface area contributed by atoms with Crippen LogP contribution in [0, 0.1) is 17.2 Å². The molecular weight excluding hydrogens is 360 g/mol. The van der Waals surface area contributed by atoms with Gasteiger partial charge >= 0.3 is 5.97 Å². The van der Waals surface area contributed by atoms with Gasteiger partial charge in [-0.2, -0.15) is 9.98 Å². The molecular formula is C13H15BrN2O4S. The maximum Gasteiger partial charge on any atom is 0.321 e. The first-order valence-corrected chi connectivity index (χ1v) is 8.39. The lowest BCUT2D eigenvalue weighted by Gasteiger charge is -2.16. The number of hydrogen-bond acceptors (Lipinski definition) is 4. The molecule has 0 aliphatic heterocycles. The second-order valence-electron chi connectivity index (χ2n) is 4.90. The summed E-state index contributed by atoms with van der Waals surface area (Å²) >= 11 is 3.10. The van der Waals surface area contributed by atoms with E-state index in [1.807, 2.05) is 19.9 Å². The highest BCUT2D eigenvalue weighted by Crippen LogP contribution is 2.21. The van der Waals surface area contributed by atoms with Crippen molar-refractivity contribution < 1.29 is 18.3 Å². The standard InChI is InChI=1S/C13H15BrN2O4S/c1-8(2)5-12(13(17)18)16-21(19,20)10-4-3-9(7-15)11(14)6-10/h3-4,6,8,12,16H,5H2,1-2H3,(H,17,18)/t12-/m0/s1. The summed E-state index contributed by atoms with van der Waals surface area (Å²) < 4.78 is 26.9. The van der Waals surface area contributed by atoms with Crippen LogP contribution in [0.1, 0.15) is 25.8 Å². The van der Waals surface area contributed by atoms with Gasteiger partial charge in [-0.1, -0.05) is 13.8 Å². The van der Waals surface area contributed by atoms with E-state index >= 15 is 0 Å². The van der Waals surface area contributed by atoms with Gasteiger partial charge in [0.15, 0.2) is 0 Å². The summed E-state index contributed by atoms with van der Waals surface area (Å²) in [7, 11) is -3.97. The molecule has 0 unspecified atom stereocenters. The molecule has 21 heavy (non-hydrogen) atoms. The second-order valence-corrected chi connectivity index (χ2v) is 7.46. The molecule has 2 N–H and O–H groups in total. The summed E-state index contributed by atoms with van der Waals surface area (Å²) in [6.07, 6.45) is 0.187. The predicted octanol–water partition coefficient (Wildman–Crippen LogP) is 2.10. The van der Waals surface area contributed by atoms with E-state index in [1.54, 1.807) is 0 Å². The van der Waals surface area contributed by atoms with E-state index in [0.717, 1.165) is 0 Å². The van der Waals surface area contributed by atoms with Crippen LogP contribution in [0.25, 0.3) is 0 Å². The van der Waals surface area contributed by atoms with E-state index in [9.17, 15) is 13.2 Å². The maximum atomic E-state index is 12.2. The van der Waals surface area contributed by atoms with Crippen molar-refractivity contribution in [3.8, 4) is 6.07 Å². The van der Waals surface area contributed by atoms with Crippen molar-refractivity contribution in [3.63, 3.8) is 0 Å². The van der Waals surface area contributed by atoms with Gasteiger partial charge in [0.25, 0.3) is 0 Å². The first-order valence-electron chi connectivity index (χ1n) is 6.12. The largest absolute Gasteiger partial charge is 0.480 e. The lowest BCUT2D eigenvalue weighted by molar-refractivity contribution is -0.139. The first kappa shape index (κ1) is 17.6. The number of nitrogens with one attached hydrogen (secondary N) is 1. The molecule has 0 aromatic heterocycles. The zero-order valence-corrected chi connectivity index (χ0v) is 13.9. The number of carbonyl (C=O) groups is 1. The molecule has 8 heteroatoms. The summed E-state index contributed by atoms with van der Waals surface area (Å²) in [5.74, 6) is -1.19. The van der Waals surface area contributed by atoms with Crippen LogP contribution < -0.4 is 4.72 Å². The van der Waals surface area contributed by atoms with Crippen molar-refractivity contribution in [1.29, 1.82) is 5.26 Å². The van der Waals surface area contributed by atoms with Crippen LogP contribution >= 0.6 is 15.9 Å². The van der Waals surface area contributed by atoms with E-state index in [4.69, 9.17) is 10.4 Å². The maximum absolute atomic E-state index is 12.2. The summed E-state index contributed by atoms with van der Waals surface area (Å²) in [4.78, 5) is 11.0. The van der Waals surface area contributed by atoms with Gasteiger partial charge in [-0.25, -0.2) is 8.42 Å². The van der Waals surface area contributed by atoms with E-state index in [1.165, 1.54) is 18.2 Å². The summed E-state index contributed by atoms with van der Waals surface area (Å²) in [6, 6.07) is 4.61. The fourth-order valence-corrected chi connectivity index (χ4v) is 3.53. The minimum Gasteiger partial charge on any atom is -0.480 e. The van der Waals surface area contributed by atoms with Crippen LogP contribution in [0.2, 0.25) is 0 Å². The lowest BCUT2D eigenvalue weighted by atomic mass is 10.1. The Kier molecular flexibility index (Phi) is 5.89. The summed E-state index contributed by atoms with van der Waals surface area (Å²) in [5.41, 5.74) is 0.297. The highest BCUT2D eigenvalue weighted by Gasteiger charge is 2.26. The van der Waals surface area contributed by atoms with Crippen LogP contribution in [-0.4, -0.2) is 25.5 Å². The topological polar surface area (TPSA) is 107 Å². The van der Waals surface area contributed by atoms with Gasteiger partial charge in [0, 0.05) is 4.47 Å². The molecule has 1 rings (SSSR count). The van der Waals surface area contributed by atoms with E-state index in [-0.39, 0.29) is 17.2 Å². The average Bonchev–Trinajstić information content (AvgIpc) is 2.36. The normalized spacial score (nSPS) is 12.9. The third-order valence-electron chi connectivity index (χ3n) is 2.67. The van der Waals surface area contributed by atoms with Crippen LogP contribution in [0.5, 0.6) is 0 Å². The first-order chi connectivity index (χ1) is 9.67. The number of hydrogen-bond donors (Lipinski definition) is 2. The highest BCUT2D eigenvalue weighted by atomic mass is 79.9. The van der Waals surface area contributed by atoms with Crippen LogP contribution in [0.15, 0.2) is 27.6 Å². The third-order valence-corrected chi connectivity index (χ3v) is 4.80. The van der Waals surface area contributed by atoms with E-state index in [2.05, 4.69) is 20.7 Å². The van der Waals surface area contributed by atoms with Crippen LogP contribution in [0.3, 0.4) is 0 Å². The number of carboxylic acids is 1. The number of nitrogens with zero attached hydrogens (tertiary/aromatic N) is 1. The minimum atomic E-state index is -3.97. The molecule has 0 aliphatic carbocycles. The third kappa shape index (κ3) is 4.81. The molecule has 0 bridgehead atoms. The van der Waals surface area contributed by atoms with Gasteiger partial charge in [0.1, 0.15) is 12.1 Å². The fourth-order valence-electron chi connectivity index (χ4n) is 1.68. The molecule has 1 aromatic carbocycles. The summed E-state index contributed by atoms with van der Waals surface area (Å²) in [6.45, 7) is 3.62. The Hall–Kier alpha value is -1.43. The molecule has 1 aromatic rings. The zero-order valence-electron chi connectivity index (χ0n) is 11.5. The zero-order chi connectivity index (χ0) is 16.2. The molecule has 6 nitrogen and oxygen atoms in total. The molecule has 114 valence electrons. The Balaban J connectivity index is 3.08. The number of sulfonamides is 1. The molecule has 0 aliphatic rings. The van der Waals surface area contributed by atoms with Gasteiger partial charge < -0.3 is 5.11 Å². The monoisotopic (exact) mass is 374 g/mol. The molecule has 0 fully saturated rings. The highest BCUT2D eigenvalue weighted by molar-refractivity contribution is 9.10. The van der Waals surface area contributed by atoms with Gasteiger partial charge in [-0.05, 0) is 46.5 Å². The van der Waals surface area contributed by atoms with Crippen LogP contribution in [0.4, 0.5) is 0 Å². The van der Waals surface area contributed by atoms with Crippen molar-refractivity contribution >= 4 is 31.9 Å². The van der Waals surface area contributed by atoms with Gasteiger partial charge in [0.05, 0.1) is 10.5 Å². The van der Waals surface area contributed by atoms with Crippen molar-refractivity contribution in [1.82, 2.24) is 4.72 Å². The van der Waals surface area contributed by atoms with Gasteiger partial charge in [-0.15, -0.1) is 0 Å². The lowest BCUT2D eigenvalue weighted by Crippen LogP contribution is -2.41. The molecule has 0 amide bonds. The number of halogens is 1. The molecule has 0 heterocycles. The number of benzene rings is 1. The van der Waals surface area contributed by atoms with Crippen molar-refractivity contribution in [3.05, 3.63) is 28.2 Å². The Morgan fingerprint density at radius 3 is 2.52 bits per heavy atom. The predicted molar refractivity (Wildman–Crippen MR) is 80.1 cm³/mol. The van der Waals surface area contributed by atoms with Gasteiger partial charge in [-0.3, -0.25) is 4.79 Å². The van der Waals surface area contributed by atoms with Crippen LogP contribution in [-0.2, 0) is 14.8 Å². The summed E-state index contributed by atoms with van der Waals surface area (Å²) in [5, 5.41) is 17.9. The second kappa shape index (κ2) is 7.02. The van der Waals surface area contributed by atoms with E-state index in [0.29, 0.717) is 10.0 Å². The molecule has 1 atom stereocenters. The Labute approximate surface area is 132 Å². The Morgan fingerprint density at radius 1 is 1.48 bits per heavy atom. The minimum absolute atomic E-state index is 0.0292. The van der Waals surface area contributed by atoms with Gasteiger partial charge in [0.2, 0.25) is 10.0 Å². The van der Waals surface area contributed by atoms with Crippen molar-refractivity contribution in [2.24, 2.45) is 5.92 Å². The molecule has 0 spiro atoms. The quantitative estimate of drug-likeness (QED) is 0.792. The SMILES string of the molecule is CC(C)C[C@H](NS(=O)(=O)c1ccc(C#N)c(Br)c1)C(=O)O. The number of carboxylic acid groups (broad SMARTS) is 1. The molecule has 0 saturated heterocycles. The van der Waals surface area contributed by atoms with Crippen molar-refractivity contribution in [2.75, 3.05) is 0 Å². The molecule has 0 saturated carbocycles. The fraction of sp³-hybridized carbons (Fsp3) is 0.385. The average molecular weight is 375 g/mol. The van der Waals surface area contributed by atoms with E-state index < -0.39 is 22.0 Å². The number of aliphatic carboxylic acids is 1. The molecule has 0 radical (unpaired) electrons. The number of rotatable bonds is 6. The Morgan fingerprint density at radius 2 is 2.10 bits per heavy atom. The number of nitriles is 1. The van der Waals surface area contributed by atoms with Crippen molar-refractivity contribution in [2.45, 2.75) is 31.2 Å². The Bertz CT molecular complexity index is 680.